The standard InChI is InChI=1S/C14H16N2O2S/c17-15-13-3-6-16(10-13)18-7-4-11-1-2-14-12(9-11)5-8-19-14/h1-2,5,8-9,13H,3-4,6-7,10H2. The van der Waals surface area contributed by atoms with Crippen molar-refractivity contribution in [3.05, 3.63) is 40.1 Å². The van der Waals surface area contributed by atoms with Crippen LogP contribution in [0.5, 0.6) is 0 Å². The monoisotopic (exact) mass is 276 g/mol. The number of thiophene rings is 1. The molecule has 1 aliphatic rings. The Labute approximate surface area is 115 Å². The van der Waals surface area contributed by atoms with E-state index < -0.39 is 0 Å². The SMILES string of the molecule is O=NC1CCN(OCCc2ccc3sccc3c2)C1. The summed E-state index contributed by atoms with van der Waals surface area (Å²) in [5.74, 6) is 0. The van der Waals surface area contributed by atoms with Crippen LogP contribution in [0.25, 0.3) is 10.1 Å². The molecule has 2 heterocycles. The summed E-state index contributed by atoms with van der Waals surface area (Å²) in [4.78, 5) is 16.1. The van der Waals surface area contributed by atoms with Gasteiger partial charge < -0.3 is 0 Å². The van der Waals surface area contributed by atoms with Crippen LogP contribution in [0.15, 0.2) is 34.8 Å². The second-order valence-electron chi connectivity index (χ2n) is 4.81. The van der Waals surface area contributed by atoms with Gasteiger partial charge in [-0.1, -0.05) is 17.3 Å². The van der Waals surface area contributed by atoms with Crippen molar-refractivity contribution in [2.45, 2.75) is 18.9 Å². The topological polar surface area (TPSA) is 41.9 Å². The van der Waals surface area contributed by atoms with Gasteiger partial charge in [0.25, 0.3) is 0 Å². The van der Waals surface area contributed by atoms with Crippen LogP contribution in [0.4, 0.5) is 0 Å². The Morgan fingerprint density at radius 3 is 3.21 bits per heavy atom. The first-order valence-corrected chi connectivity index (χ1v) is 7.39. The highest BCUT2D eigenvalue weighted by molar-refractivity contribution is 7.17. The Morgan fingerprint density at radius 2 is 2.37 bits per heavy atom. The zero-order chi connectivity index (χ0) is 13.1. The van der Waals surface area contributed by atoms with Crippen LogP contribution >= 0.6 is 11.3 Å². The smallest absolute Gasteiger partial charge is 0.108 e. The molecule has 2 aromatic rings. The quantitative estimate of drug-likeness (QED) is 0.787. The average molecular weight is 276 g/mol. The predicted octanol–water partition coefficient (Wildman–Crippen LogP) is 3.22. The van der Waals surface area contributed by atoms with Crippen LogP contribution in [-0.4, -0.2) is 30.8 Å². The Bertz CT molecular complexity index is 569. The van der Waals surface area contributed by atoms with E-state index in [0.717, 1.165) is 19.4 Å². The molecular weight excluding hydrogens is 260 g/mol. The van der Waals surface area contributed by atoms with Gasteiger partial charge in [0.15, 0.2) is 0 Å². The second-order valence-corrected chi connectivity index (χ2v) is 5.76. The van der Waals surface area contributed by atoms with Crippen LogP contribution in [0, 0.1) is 4.91 Å². The summed E-state index contributed by atoms with van der Waals surface area (Å²) in [5, 5.41) is 8.33. The zero-order valence-electron chi connectivity index (χ0n) is 10.6. The molecule has 4 nitrogen and oxygen atoms in total. The van der Waals surface area contributed by atoms with Crippen molar-refractivity contribution in [3.8, 4) is 0 Å². The van der Waals surface area contributed by atoms with Crippen molar-refractivity contribution in [1.29, 1.82) is 0 Å². The summed E-state index contributed by atoms with van der Waals surface area (Å²) in [6.45, 7) is 2.09. The van der Waals surface area contributed by atoms with Crippen LogP contribution in [-0.2, 0) is 11.3 Å². The first-order chi connectivity index (χ1) is 9.35. The third kappa shape index (κ3) is 3.00. The van der Waals surface area contributed by atoms with E-state index in [1.807, 2.05) is 5.06 Å². The highest BCUT2D eigenvalue weighted by Gasteiger charge is 2.23. The first-order valence-electron chi connectivity index (χ1n) is 6.51. The largest absolute Gasteiger partial charge is 0.299 e. The summed E-state index contributed by atoms with van der Waals surface area (Å²) in [6, 6.07) is 8.58. The number of benzene rings is 1. The van der Waals surface area contributed by atoms with Gasteiger partial charge in [-0.3, -0.25) is 4.84 Å². The van der Waals surface area contributed by atoms with Gasteiger partial charge in [-0.15, -0.1) is 11.3 Å². The summed E-state index contributed by atoms with van der Waals surface area (Å²) in [5.41, 5.74) is 1.29. The van der Waals surface area contributed by atoms with Crippen molar-refractivity contribution in [1.82, 2.24) is 5.06 Å². The highest BCUT2D eigenvalue weighted by Crippen LogP contribution is 2.22. The maximum Gasteiger partial charge on any atom is 0.108 e. The Hall–Kier alpha value is -1.30. The molecule has 3 rings (SSSR count). The van der Waals surface area contributed by atoms with E-state index in [-0.39, 0.29) is 6.04 Å². The lowest BCUT2D eigenvalue weighted by Gasteiger charge is -2.14. The molecule has 100 valence electrons. The summed E-state index contributed by atoms with van der Waals surface area (Å²) >= 11 is 1.76. The molecule has 1 aromatic heterocycles. The molecule has 1 fully saturated rings. The molecule has 0 aliphatic carbocycles. The lowest BCUT2D eigenvalue weighted by Crippen LogP contribution is -2.23. The van der Waals surface area contributed by atoms with Gasteiger partial charge in [-0.05, 0) is 41.3 Å². The molecule has 0 amide bonds. The summed E-state index contributed by atoms with van der Waals surface area (Å²) < 4.78 is 1.32. The molecule has 1 aromatic carbocycles. The van der Waals surface area contributed by atoms with E-state index in [0.29, 0.717) is 13.2 Å². The van der Waals surface area contributed by atoms with Gasteiger partial charge in [-0.25, -0.2) is 0 Å². The number of hydroxylamine groups is 2. The minimum absolute atomic E-state index is 0.0952. The molecule has 0 N–H and O–H groups in total. The predicted molar refractivity (Wildman–Crippen MR) is 77.3 cm³/mol. The molecule has 0 saturated carbocycles. The average Bonchev–Trinajstić information content (AvgIpc) is 3.06. The molecule has 1 unspecified atom stereocenters. The fourth-order valence-corrected chi connectivity index (χ4v) is 3.15. The number of nitroso groups, excluding NO2 is 1. The van der Waals surface area contributed by atoms with Crippen molar-refractivity contribution in [3.63, 3.8) is 0 Å². The lowest BCUT2D eigenvalue weighted by atomic mass is 10.1. The van der Waals surface area contributed by atoms with Crippen molar-refractivity contribution in [2.75, 3.05) is 19.7 Å². The van der Waals surface area contributed by atoms with Crippen molar-refractivity contribution in [2.24, 2.45) is 5.18 Å². The van der Waals surface area contributed by atoms with Gasteiger partial charge >= 0.3 is 0 Å². The highest BCUT2D eigenvalue weighted by atomic mass is 32.1. The van der Waals surface area contributed by atoms with Crippen molar-refractivity contribution < 1.29 is 4.84 Å². The van der Waals surface area contributed by atoms with E-state index >= 15 is 0 Å². The molecular formula is C14H16N2O2S. The van der Waals surface area contributed by atoms with Gasteiger partial charge in [0.2, 0.25) is 0 Å². The molecule has 0 bridgehead atoms. The Balaban J connectivity index is 1.50. The maximum absolute atomic E-state index is 10.4. The third-order valence-electron chi connectivity index (χ3n) is 3.46. The Morgan fingerprint density at radius 1 is 1.42 bits per heavy atom. The number of rotatable bonds is 5. The number of hydrogen-bond acceptors (Lipinski definition) is 5. The third-order valence-corrected chi connectivity index (χ3v) is 4.35. The maximum atomic E-state index is 10.4. The minimum Gasteiger partial charge on any atom is -0.299 e. The van der Waals surface area contributed by atoms with Gasteiger partial charge in [0, 0.05) is 11.2 Å². The molecule has 1 atom stereocenters. The summed E-state index contributed by atoms with van der Waals surface area (Å²) in [6.07, 6.45) is 1.70. The summed E-state index contributed by atoms with van der Waals surface area (Å²) in [7, 11) is 0. The fourth-order valence-electron chi connectivity index (χ4n) is 2.38. The molecule has 5 heteroatoms. The van der Waals surface area contributed by atoms with Crippen LogP contribution in [0.1, 0.15) is 12.0 Å². The first kappa shape index (κ1) is 12.7. The van der Waals surface area contributed by atoms with E-state index in [1.165, 1.54) is 15.6 Å². The van der Waals surface area contributed by atoms with Gasteiger partial charge in [0.1, 0.15) is 6.04 Å². The number of hydrogen-bond donors (Lipinski definition) is 0. The molecule has 1 aliphatic heterocycles. The number of fused-ring (bicyclic) bond motifs is 1. The van der Waals surface area contributed by atoms with Gasteiger partial charge in [-0.2, -0.15) is 9.97 Å². The zero-order valence-corrected chi connectivity index (χ0v) is 11.4. The van der Waals surface area contributed by atoms with Crippen LogP contribution < -0.4 is 0 Å². The van der Waals surface area contributed by atoms with Crippen molar-refractivity contribution >= 4 is 21.4 Å². The van der Waals surface area contributed by atoms with E-state index in [4.69, 9.17) is 4.84 Å². The lowest BCUT2D eigenvalue weighted by molar-refractivity contribution is -0.142. The number of nitrogens with zero attached hydrogens (tertiary/aromatic N) is 2. The molecule has 0 spiro atoms. The normalized spacial score (nSPS) is 20.1. The van der Waals surface area contributed by atoms with Crippen LogP contribution in [0.3, 0.4) is 0 Å². The van der Waals surface area contributed by atoms with E-state index in [2.05, 4.69) is 34.8 Å². The Kier molecular flexibility index (Phi) is 3.87. The molecule has 19 heavy (non-hydrogen) atoms. The minimum atomic E-state index is -0.0952. The second kappa shape index (κ2) is 5.77. The van der Waals surface area contributed by atoms with Gasteiger partial charge in [0.05, 0.1) is 13.2 Å². The molecule has 0 radical (unpaired) electrons. The van der Waals surface area contributed by atoms with E-state index in [9.17, 15) is 4.91 Å². The van der Waals surface area contributed by atoms with E-state index in [1.54, 1.807) is 11.3 Å². The fraction of sp³-hybridized carbons (Fsp3) is 0.429. The molecule has 1 saturated heterocycles. The van der Waals surface area contributed by atoms with Crippen LogP contribution in [0.2, 0.25) is 0 Å².